The number of aromatic nitrogens is 2. The molecular weight excluding hydrogens is 284 g/mol. The molecule has 1 aliphatic rings. The fourth-order valence-corrected chi connectivity index (χ4v) is 3.51. The van der Waals surface area contributed by atoms with Crippen LogP contribution in [0, 0.1) is 0 Å². The van der Waals surface area contributed by atoms with Gasteiger partial charge in [0.25, 0.3) is 0 Å². The molecule has 0 bridgehead atoms. The van der Waals surface area contributed by atoms with Crippen molar-refractivity contribution in [2.45, 2.75) is 37.8 Å². The third-order valence-corrected chi connectivity index (χ3v) is 4.93. The number of nitrogens with zero attached hydrogens (tertiary/aromatic N) is 3. The van der Waals surface area contributed by atoms with Crippen LogP contribution in [0.3, 0.4) is 0 Å². The van der Waals surface area contributed by atoms with Crippen molar-refractivity contribution in [1.82, 2.24) is 19.6 Å². The Morgan fingerprint density at radius 2 is 2.05 bits per heavy atom. The van der Waals surface area contributed by atoms with Gasteiger partial charge in [-0.2, -0.15) is 0 Å². The molecule has 5 heteroatoms. The average molecular weight is 307 g/mol. The summed E-state index contributed by atoms with van der Waals surface area (Å²) in [6.45, 7) is 1.82. The van der Waals surface area contributed by atoms with Crippen molar-refractivity contribution in [1.29, 1.82) is 0 Å². The van der Waals surface area contributed by atoms with E-state index in [0.29, 0.717) is 5.54 Å². The molecule has 114 valence electrons. The topological polar surface area (TPSA) is 32.6 Å². The Hall–Kier alpha value is -1.10. The van der Waals surface area contributed by atoms with E-state index in [-0.39, 0.29) is 0 Å². The molecule has 1 N–H and O–H groups in total. The summed E-state index contributed by atoms with van der Waals surface area (Å²) in [5.74, 6) is 0. The number of likely N-dealkylation sites (N-methyl/N-ethyl adjacent to an activating group) is 1. The monoisotopic (exact) mass is 306 g/mol. The van der Waals surface area contributed by atoms with E-state index in [9.17, 15) is 0 Å². The highest BCUT2D eigenvalue weighted by Gasteiger charge is 2.35. The zero-order chi connectivity index (χ0) is 14.9. The van der Waals surface area contributed by atoms with Crippen LogP contribution in [0.15, 0.2) is 24.5 Å². The van der Waals surface area contributed by atoms with Gasteiger partial charge in [0.05, 0.1) is 10.7 Å². The summed E-state index contributed by atoms with van der Waals surface area (Å²) in [5, 5.41) is 4.32. The summed E-state index contributed by atoms with van der Waals surface area (Å²) < 4.78 is 1.98. The third kappa shape index (κ3) is 3.07. The van der Waals surface area contributed by atoms with Crippen LogP contribution in [0.25, 0.3) is 5.65 Å². The largest absolute Gasteiger partial charge is 0.309 e. The Morgan fingerprint density at radius 1 is 1.29 bits per heavy atom. The number of hydrogen-bond acceptors (Lipinski definition) is 3. The van der Waals surface area contributed by atoms with E-state index < -0.39 is 0 Å². The summed E-state index contributed by atoms with van der Waals surface area (Å²) in [5.41, 5.74) is 2.33. The lowest BCUT2D eigenvalue weighted by molar-refractivity contribution is 0.153. The van der Waals surface area contributed by atoms with E-state index in [1.165, 1.54) is 25.7 Å². The van der Waals surface area contributed by atoms with Gasteiger partial charge in [-0.3, -0.25) is 0 Å². The van der Waals surface area contributed by atoms with Gasteiger partial charge < -0.3 is 14.6 Å². The minimum absolute atomic E-state index is 0.322. The molecule has 4 nitrogen and oxygen atoms in total. The Bertz CT molecular complexity index is 614. The molecule has 21 heavy (non-hydrogen) atoms. The molecule has 0 aliphatic heterocycles. The summed E-state index contributed by atoms with van der Waals surface area (Å²) in [4.78, 5) is 7.00. The summed E-state index contributed by atoms with van der Waals surface area (Å²) in [6.07, 6.45) is 9.19. The first-order chi connectivity index (χ1) is 10.1. The van der Waals surface area contributed by atoms with Crippen molar-refractivity contribution in [3.05, 3.63) is 35.2 Å². The van der Waals surface area contributed by atoms with Crippen LogP contribution in [-0.4, -0.2) is 40.5 Å². The minimum atomic E-state index is 0.322. The first-order valence-corrected chi connectivity index (χ1v) is 7.98. The lowest BCUT2D eigenvalue weighted by atomic mass is 9.96. The molecule has 1 fully saturated rings. The number of pyridine rings is 1. The second-order valence-electron chi connectivity index (χ2n) is 6.27. The highest BCUT2D eigenvalue weighted by atomic mass is 35.5. The van der Waals surface area contributed by atoms with Crippen molar-refractivity contribution in [3.63, 3.8) is 0 Å². The van der Waals surface area contributed by atoms with Gasteiger partial charge in [-0.05, 0) is 39.1 Å². The van der Waals surface area contributed by atoms with Gasteiger partial charge in [0.2, 0.25) is 0 Å². The highest BCUT2D eigenvalue weighted by Crippen LogP contribution is 2.33. The Morgan fingerprint density at radius 3 is 2.76 bits per heavy atom. The second kappa shape index (κ2) is 5.95. The fraction of sp³-hybridized carbons (Fsp3) is 0.562. The maximum absolute atomic E-state index is 6.00. The molecule has 0 saturated heterocycles. The van der Waals surface area contributed by atoms with Crippen LogP contribution in [0.4, 0.5) is 0 Å². The molecule has 0 radical (unpaired) electrons. The SMILES string of the molecule is CN(C)C1(CNCc2cn3cc(Cl)ccc3n2)CCCC1. The third-order valence-electron chi connectivity index (χ3n) is 4.71. The van der Waals surface area contributed by atoms with Gasteiger partial charge >= 0.3 is 0 Å². The summed E-state index contributed by atoms with van der Waals surface area (Å²) in [6, 6.07) is 3.82. The molecule has 1 saturated carbocycles. The van der Waals surface area contributed by atoms with Crippen molar-refractivity contribution in [2.24, 2.45) is 0 Å². The minimum Gasteiger partial charge on any atom is -0.309 e. The van der Waals surface area contributed by atoms with E-state index in [4.69, 9.17) is 11.6 Å². The van der Waals surface area contributed by atoms with Crippen molar-refractivity contribution >= 4 is 17.2 Å². The van der Waals surface area contributed by atoms with E-state index >= 15 is 0 Å². The van der Waals surface area contributed by atoms with Crippen molar-refractivity contribution in [2.75, 3.05) is 20.6 Å². The van der Waals surface area contributed by atoms with Gasteiger partial charge in [-0.25, -0.2) is 4.98 Å². The summed E-state index contributed by atoms with van der Waals surface area (Å²) >= 11 is 6.00. The van der Waals surface area contributed by atoms with E-state index in [0.717, 1.165) is 29.5 Å². The quantitative estimate of drug-likeness (QED) is 0.922. The molecule has 3 rings (SSSR count). The maximum atomic E-state index is 6.00. The number of nitrogens with one attached hydrogen (secondary N) is 1. The smallest absolute Gasteiger partial charge is 0.137 e. The molecular formula is C16H23ClN4. The zero-order valence-corrected chi connectivity index (χ0v) is 13.5. The second-order valence-corrected chi connectivity index (χ2v) is 6.71. The van der Waals surface area contributed by atoms with Crippen LogP contribution in [0.5, 0.6) is 0 Å². The Balaban J connectivity index is 1.63. The van der Waals surface area contributed by atoms with Gasteiger partial charge in [-0.15, -0.1) is 0 Å². The van der Waals surface area contributed by atoms with Gasteiger partial charge in [0.1, 0.15) is 5.65 Å². The van der Waals surface area contributed by atoms with Gasteiger partial charge in [0, 0.05) is 31.0 Å². The van der Waals surface area contributed by atoms with Crippen molar-refractivity contribution in [3.8, 4) is 0 Å². The van der Waals surface area contributed by atoms with Crippen LogP contribution in [-0.2, 0) is 6.54 Å². The molecule has 1 aliphatic carbocycles. The fourth-order valence-electron chi connectivity index (χ4n) is 3.34. The number of fused-ring (bicyclic) bond motifs is 1. The van der Waals surface area contributed by atoms with Crippen LogP contribution >= 0.6 is 11.6 Å². The number of imidazole rings is 1. The summed E-state index contributed by atoms with van der Waals surface area (Å²) in [7, 11) is 4.39. The molecule has 0 amide bonds. The lowest BCUT2D eigenvalue weighted by Crippen LogP contribution is -2.49. The zero-order valence-electron chi connectivity index (χ0n) is 12.8. The number of halogens is 1. The predicted octanol–water partition coefficient (Wildman–Crippen LogP) is 2.95. The van der Waals surface area contributed by atoms with Crippen molar-refractivity contribution < 1.29 is 0 Å². The van der Waals surface area contributed by atoms with Crippen LogP contribution in [0.2, 0.25) is 5.02 Å². The molecule has 2 aromatic rings. The first kappa shape index (κ1) is 14.8. The molecule has 0 spiro atoms. The highest BCUT2D eigenvalue weighted by molar-refractivity contribution is 6.30. The molecule has 0 atom stereocenters. The van der Waals surface area contributed by atoms with Gasteiger partial charge in [0.15, 0.2) is 0 Å². The normalized spacial score (nSPS) is 17.9. The number of rotatable bonds is 5. The average Bonchev–Trinajstić information content (AvgIpc) is 3.05. The lowest BCUT2D eigenvalue weighted by Gasteiger charge is -2.36. The number of hydrogen-bond donors (Lipinski definition) is 1. The standard InChI is InChI=1S/C16H23ClN4/c1-20(2)16(7-3-4-8-16)12-18-9-14-11-21-10-13(17)5-6-15(21)19-14/h5-6,10-11,18H,3-4,7-9,12H2,1-2H3. The first-order valence-electron chi connectivity index (χ1n) is 7.60. The van der Waals surface area contributed by atoms with Crippen LogP contribution in [0.1, 0.15) is 31.4 Å². The Labute approximate surface area is 131 Å². The van der Waals surface area contributed by atoms with E-state index in [1.54, 1.807) is 0 Å². The Kier molecular flexibility index (Phi) is 4.20. The predicted molar refractivity (Wildman–Crippen MR) is 86.8 cm³/mol. The van der Waals surface area contributed by atoms with E-state index in [2.05, 4.69) is 29.3 Å². The molecule has 2 heterocycles. The van der Waals surface area contributed by atoms with Gasteiger partial charge in [-0.1, -0.05) is 24.4 Å². The maximum Gasteiger partial charge on any atom is 0.137 e. The van der Waals surface area contributed by atoms with Crippen LogP contribution < -0.4 is 5.32 Å². The molecule has 0 unspecified atom stereocenters. The van der Waals surface area contributed by atoms with E-state index in [1.807, 2.05) is 28.9 Å². The molecule has 2 aromatic heterocycles. The molecule has 0 aromatic carbocycles.